The topological polar surface area (TPSA) is 113 Å². The van der Waals surface area contributed by atoms with Gasteiger partial charge in [0.05, 0.1) is 28.0 Å². The summed E-state index contributed by atoms with van der Waals surface area (Å²) >= 11 is 11.4. The standard InChI is InChI=1S/C36H32BrClN4O5S/c1-5-41-32(44)20-9-8-19-22(29(20)34(41)46)14-24-33(45)42(35(47)36(24,3)30(19)23-12-17(37)6-10-26(23)43)28-15-25(39-40(28)4)31-16(2)21-13-18(38)7-11-27(21)48-31/h6-8,10-13,15,20,22,24,29-30,43H,5,9,14H2,1-4H3. The van der Waals surface area contributed by atoms with Crippen molar-refractivity contribution in [3.63, 3.8) is 0 Å². The van der Waals surface area contributed by atoms with E-state index in [9.17, 15) is 24.3 Å². The molecule has 4 aromatic rings. The molecule has 4 aliphatic rings. The summed E-state index contributed by atoms with van der Waals surface area (Å²) in [5.41, 5.74) is 1.70. The Morgan fingerprint density at radius 2 is 1.83 bits per heavy atom. The van der Waals surface area contributed by atoms with Crippen molar-refractivity contribution in [3.05, 3.63) is 74.7 Å². The number of aryl methyl sites for hydroxylation is 2. The average molecular weight is 748 g/mol. The van der Waals surface area contributed by atoms with Crippen molar-refractivity contribution >= 4 is 78.4 Å². The van der Waals surface area contributed by atoms with Crippen LogP contribution in [0.15, 0.2) is 58.6 Å². The molecule has 0 bridgehead atoms. The van der Waals surface area contributed by atoms with Gasteiger partial charge in [0.15, 0.2) is 0 Å². The first-order valence-electron chi connectivity index (χ1n) is 16.0. The summed E-state index contributed by atoms with van der Waals surface area (Å²) in [6.45, 7) is 5.89. The molecule has 2 aromatic carbocycles. The van der Waals surface area contributed by atoms with Gasteiger partial charge in [-0.25, -0.2) is 4.90 Å². The number of allylic oxidation sites excluding steroid dienone is 2. The van der Waals surface area contributed by atoms with Gasteiger partial charge in [-0.3, -0.25) is 28.8 Å². The molecule has 8 rings (SSSR count). The summed E-state index contributed by atoms with van der Waals surface area (Å²) in [6.07, 6.45) is 2.59. The molecule has 2 saturated heterocycles. The zero-order valence-corrected chi connectivity index (χ0v) is 29.8. The lowest BCUT2D eigenvalue weighted by Crippen LogP contribution is -2.49. The van der Waals surface area contributed by atoms with Gasteiger partial charge in [-0.05, 0) is 86.9 Å². The number of phenolic OH excluding ortho intramolecular Hbond substituents is 1. The molecule has 6 unspecified atom stereocenters. The Kier molecular flexibility index (Phi) is 7.11. The third-order valence-corrected chi connectivity index (χ3v) is 13.2. The number of thiophene rings is 1. The van der Waals surface area contributed by atoms with Gasteiger partial charge in [0.25, 0.3) is 0 Å². The number of carbonyl (C=O) groups excluding carboxylic acids is 4. The molecule has 2 aliphatic heterocycles. The summed E-state index contributed by atoms with van der Waals surface area (Å²) in [5.74, 6) is -3.91. The van der Waals surface area contributed by atoms with Crippen molar-refractivity contribution in [1.29, 1.82) is 0 Å². The number of aromatic nitrogens is 2. The van der Waals surface area contributed by atoms with E-state index in [4.69, 9.17) is 16.7 Å². The fraction of sp³-hybridized carbons (Fsp3) is 0.361. The molecular formula is C36H32BrClN4O5S. The minimum atomic E-state index is -1.28. The third kappa shape index (κ3) is 4.16. The molecule has 246 valence electrons. The highest BCUT2D eigenvalue weighted by Gasteiger charge is 2.68. The maximum absolute atomic E-state index is 14.9. The summed E-state index contributed by atoms with van der Waals surface area (Å²) in [7, 11) is 1.72. The predicted octanol–water partition coefficient (Wildman–Crippen LogP) is 6.98. The Bertz CT molecular complexity index is 2160. The average Bonchev–Trinajstić information content (AvgIpc) is 3.72. The monoisotopic (exact) mass is 746 g/mol. The molecule has 1 N–H and O–H groups in total. The molecule has 2 aromatic heterocycles. The van der Waals surface area contributed by atoms with Crippen LogP contribution in [0, 0.1) is 36.0 Å². The molecule has 0 radical (unpaired) electrons. The first-order valence-corrected chi connectivity index (χ1v) is 18.0. The van der Waals surface area contributed by atoms with E-state index < -0.39 is 35.0 Å². The third-order valence-electron chi connectivity index (χ3n) is 11.2. The van der Waals surface area contributed by atoms with E-state index in [1.54, 1.807) is 54.3 Å². The Labute approximate surface area is 294 Å². The molecule has 12 heteroatoms. The number of carbonyl (C=O) groups is 4. The van der Waals surface area contributed by atoms with Crippen molar-refractivity contribution in [2.75, 3.05) is 11.4 Å². The van der Waals surface area contributed by atoms with E-state index in [2.05, 4.69) is 15.9 Å². The lowest BCUT2D eigenvalue weighted by molar-refractivity contribution is -0.140. The smallest absolute Gasteiger partial charge is 0.242 e. The van der Waals surface area contributed by atoms with E-state index in [1.807, 2.05) is 38.1 Å². The number of amides is 4. The summed E-state index contributed by atoms with van der Waals surface area (Å²) in [5, 5.41) is 17.7. The highest BCUT2D eigenvalue weighted by molar-refractivity contribution is 9.10. The van der Waals surface area contributed by atoms with Crippen LogP contribution in [0.5, 0.6) is 5.75 Å². The highest BCUT2D eigenvalue weighted by Crippen LogP contribution is 2.64. The van der Waals surface area contributed by atoms with Crippen molar-refractivity contribution in [1.82, 2.24) is 14.7 Å². The molecule has 6 atom stereocenters. The largest absolute Gasteiger partial charge is 0.508 e. The molecule has 4 heterocycles. The number of nitrogens with zero attached hydrogens (tertiary/aromatic N) is 4. The molecule has 48 heavy (non-hydrogen) atoms. The highest BCUT2D eigenvalue weighted by atomic mass is 79.9. The van der Waals surface area contributed by atoms with Crippen molar-refractivity contribution in [3.8, 4) is 16.3 Å². The normalized spacial score (nSPS) is 28.3. The van der Waals surface area contributed by atoms with E-state index in [1.165, 1.54) is 9.80 Å². The van der Waals surface area contributed by atoms with E-state index in [0.29, 0.717) is 33.0 Å². The second-order valence-corrected chi connectivity index (χ2v) is 15.9. The second kappa shape index (κ2) is 10.9. The van der Waals surface area contributed by atoms with Crippen LogP contribution < -0.4 is 4.90 Å². The van der Waals surface area contributed by atoms with Gasteiger partial charge >= 0.3 is 0 Å². The van der Waals surface area contributed by atoms with Crippen molar-refractivity contribution in [2.24, 2.45) is 36.1 Å². The summed E-state index contributed by atoms with van der Waals surface area (Å²) in [4.78, 5) is 60.1. The number of anilines is 1. The van der Waals surface area contributed by atoms with Crippen LogP contribution in [0.1, 0.15) is 43.7 Å². The molecular weight excluding hydrogens is 716 g/mol. The van der Waals surface area contributed by atoms with Gasteiger partial charge in [0.2, 0.25) is 23.6 Å². The molecule has 1 saturated carbocycles. The Morgan fingerprint density at radius 1 is 1.06 bits per heavy atom. The van der Waals surface area contributed by atoms with Crippen LogP contribution in [0.25, 0.3) is 20.7 Å². The second-order valence-electron chi connectivity index (χ2n) is 13.5. The van der Waals surface area contributed by atoms with Crippen LogP contribution in [-0.4, -0.2) is 50.0 Å². The number of fused-ring (bicyclic) bond motifs is 5. The molecule has 9 nitrogen and oxygen atoms in total. The number of rotatable bonds is 4. The number of aromatic hydroxyl groups is 1. The van der Waals surface area contributed by atoms with Gasteiger partial charge in [-0.2, -0.15) is 5.10 Å². The first-order chi connectivity index (χ1) is 22.9. The molecule has 0 spiro atoms. The van der Waals surface area contributed by atoms with E-state index in [0.717, 1.165) is 26.1 Å². The number of likely N-dealkylation sites (tertiary alicyclic amines) is 1. The van der Waals surface area contributed by atoms with E-state index >= 15 is 0 Å². The fourth-order valence-electron chi connectivity index (χ4n) is 8.93. The summed E-state index contributed by atoms with van der Waals surface area (Å²) < 4.78 is 3.33. The number of hydrogen-bond donors (Lipinski definition) is 1. The maximum atomic E-state index is 14.9. The van der Waals surface area contributed by atoms with Gasteiger partial charge in [0.1, 0.15) is 17.3 Å². The van der Waals surface area contributed by atoms with Crippen molar-refractivity contribution < 1.29 is 24.3 Å². The lowest BCUT2D eigenvalue weighted by Gasteiger charge is -2.49. The number of phenols is 1. The van der Waals surface area contributed by atoms with Crippen LogP contribution in [-0.2, 0) is 26.2 Å². The molecule has 2 aliphatic carbocycles. The number of hydrogen-bond acceptors (Lipinski definition) is 7. The Morgan fingerprint density at radius 3 is 2.58 bits per heavy atom. The van der Waals surface area contributed by atoms with Gasteiger partial charge in [0, 0.05) is 45.3 Å². The summed E-state index contributed by atoms with van der Waals surface area (Å²) in [6, 6.07) is 12.6. The van der Waals surface area contributed by atoms with Crippen LogP contribution >= 0.6 is 38.9 Å². The quantitative estimate of drug-likeness (QED) is 0.178. The Balaban J connectivity index is 1.26. The van der Waals surface area contributed by atoms with Gasteiger partial charge < -0.3 is 5.11 Å². The zero-order chi connectivity index (χ0) is 34.0. The van der Waals surface area contributed by atoms with Crippen molar-refractivity contribution in [2.45, 2.75) is 39.5 Å². The number of imide groups is 2. The first kappa shape index (κ1) is 31.5. The maximum Gasteiger partial charge on any atom is 0.242 e. The zero-order valence-electron chi connectivity index (χ0n) is 26.7. The van der Waals surface area contributed by atoms with E-state index in [-0.39, 0.29) is 42.3 Å². The minimum absolute atomic E-state index is 0.00211. The number of halogens is 2. The Hall–Kier alpha value is -3.80. The van der Waals surface area contributed by atoms with Crippen LogP contribution in [0.4, 0.5) is 5.82 Å². The molecule has 3 fully saturated rings. The fourth-order valence-corrected chi connectivity index (χ4v) is 10.6. The van der Waals surface area contributed by atoms with Gasteiger partial charge in [-0.1, -0.05) is 39.2 Å². The van der Waals surface area contributed by atoms with Crippen LogP contribution in [0.2, 0.25) is 5.02 Å². The predicted molar refractivity (Wildman–Crippen MR) is 187 cm³/mol. The number of benzene rings is 2. The SMILES string of the molecule is CCN1C(=O)C2CC=C3C(CC4C(=O)N(c5cc(-c6sc7ccc(Cl)cc7c6C)nn5C)C(=O)C4(C)C3c3cc(Br)ccc3O)C2C1=O. The lowest BCUT2D eigenvalue weighted by atomic mass is 9.51. The minimum Gasteiger partial charge on any atom is -0.508 e. The molecule has 4 amide bonds. The van der Waals surface area contributed by atoms with Gasteiger partial charge in [-0.15, -0.1) is 11.3 Å². The van der Waals surface area contributed by atoms with Crippen LogP contribution in [0.3, 0.4) is 0 Å².